The first kappa shape index (κ1) is 69.1. The topological polar surface area (TPSA) is 204 Å². The molecule has 16 nitrogen and oxygen atoms in total. The summed E-state index contributed by atoms with van der Waals surface area (Å²) < 4.78 is 23.2. The lowest BCUT2D eigenvalue weighted by molar-refractivity contribution is -0.124. The number of rotatable bonds is 24. The zero-order valence-electron chi connectivity index (χ0n) is 54.4. The van der Waals surface area contributed by atoms with Crippen LogP contribution in [0, 0.1) is 23.7 Å². The minimum absolute atomic E-state index is 0.0397. The van der Waals surface area contributed by atoms with E-state index >= 15 is 0 Å². The lowest BCUT2D eigenvalue weighted by Crippen LogP contribution is -2.49. The number of aliphatic hydroxyl groups is 2. The SMILES string of the molecule is CC[C@H](CCC(=O)C[C@@H](O)[C@@H]1CC[C@H]1CN1C[C@@]2(CCCc3cc(Cl)ccc32)COc2ccc(C(=O)OC)cc21)Sc1ncccn1.CC[C@H](CCC(=O)C[C@H](O)[C@@H]1CC[C@H]1CN1C[C@@]2(CCCc3cc(Cl)ccc32)COc2ccc(C(=O)OC)cc21)Sc1ncccn1. The van der Waals surface area contributed by atoms with E-state index in [4.69, 9.17) is 42.1 Å². The fourth-order valence-electron chi connectivity index (χ4n) is 15.2. The Hall–Kier alpha value is -6.28. The third-order valence-corrected chi connectivity index (χ3v) is 23.8. The highest BCUT2D eigenvalue weighted by Gasteiger charge is 2.47. The number of benzene rings is 4. The van der Waals surface area contributed by atoms with E-state index in [1.54, 1.807) is 72.6 Å². The fraction of sp³-hybridized carbons (Fsp3) is 0.514. The highest BCUT2D eigenvalue weighted by atomic mass is 35.5. The molecule has 4 aliphatic carbocycles. The Balaban J connectivity index is 0.000000192. The van der Waals surface area contributed by atoms with Crippen molar-refractivity contribution in [1.82, 2.24) is 19.9 Å². The molecule has 4 aromatic carbocycles. The van der Waals surface area contributed by atoms with Gasteiger partial charge in [-0.3, -0.25) is 9.59 Å². The lowest BCUT2D eigenvalue weighted by atomic mass is 9.68. The van der Waals surface area contributed by atoms with E-state index in [9.17, 15) is 29.4 Å². The maximum absolute atomic E-state index is 13.1. The number of Topliss-reactive ketones (excluding diaryl/α,β-unsaturated/α-hetero) is 2. The third-order valence-electron chi connectivity index (χ3n) is 20.7. The number of hydrogen-bond donors (Lipinski definition) is 2. The molecule has 94 heavy (non-hydrogen) atoms. The van der Waals surface area contributed by atoms with Crippen molar-refractivity contribution in [2.75, 3.05) is 63.4 Å². The van der Waals surface area contributed by atoms with Crippen LogP contribution in [-0.2, 0) is 42.7 Å². The molecular weight excluding hydrogens is 1270 g/mol. The van der Waals surface area contributed by atoms with Gasteiger partial charge in [-0.05, 0) is 209 Å². The lowest BCUT2D eigenvalue weighted by Gasteiger charge is -2.45. The van der Waals surface area contributed by atoms with Gasteiger partial charge in [0.1, 0.15) is 23.1 Å². The molecule has 20 heteroatoms. The van der Waals surface area contributed by atoms with E-state index < -0.39 is 12.2 Å². The van der Waals surface area contributed by atoms with Crippen LogP contribution in [0.5, 0.6) is 11.5 Å². The Labute approximate surface area is 571 Å². The number of ether oxygens (including phenoxy) is 4. The van der Waals surface area contributed by atoms with Crippen LogP contribution < -0.4 is 19.3 Å². The van der Waals surface area contributed by atoms with Crippen molar-refractivity contribution in [3.63, 3.8) is 0 Å². The summed E-state index contributed by atoms with van der Waals surface area (Å²) in [5.41, 5.74) is 7.29. The summed E-state index contributed by atoms with van der Waals surface area (Å²) in [4.78, 5) is 73.2. The van der Waals surface area contributed by atoms with E-state index in [2.05, 4.69) is 67.8 Å². The van der Waals surface area contributed by atoms with Crippen molar-refractivity contribution in [2.45, 2.75) is 173 Å². The third kappa shape index (κ3) is 16.4. The number of hydrogen-bond acceptors (Lipinski definition) is 18. The average molecular weight is 1360 g/mol. The molecule has 6 aliphatic rings. The van der Waals surface area contributed by atoms with Crippen LogP contribution in [0.2, 0.25) is 10.0 Å². The monoisotopic (exact) mass is 1350 g/mol. The second-order valence-corrected chi connectivity index (χ2v) is 30.0. The number of fused-ring (bicyclic) bond motifs is 6. The van der Waals surface area contributed by atoms with Crippen molar-refractivity contribution in [3.8, 4) is 11.5 Å². The quantitative estimate of drug-likeness (QED) is 0.0328. The molecule has 2 aromatic heterocycles. The van der Waals surface area contributed by atoms with Crippen molar-refractivity contribution in [1.29, 1.82) is 0 Å². The molecule has 4 heterocycles. The number of carbonyl (C=O) groups excluding carboxylic acids is 4. The van der Waals surface area contributed by atoms with Crippen molar-refractivity contribution < 1.29 is 48.3 Å². The number of aromatic nitrogens is 4. The molecule has 2 N–H and O–H groups in total. The molecule has 6 aromatic rings. The summed E-state index contributed by atoms with van der Waals surface area (Å²) in [6, 6.07) is 27.0. The zero-order valence-corrected chi connectivity index (χ0v) is 57.5. The van der Waals surface area contributed by atoms with Crippen molar-refractivity contribution in [3.05, 3.63) is 153 Å². The van der Waals surface area contributed by atoms with E-state index in [0.717, 1.165) is 146 Å². The predicted molar refractivity (Wildman–Crippen MR) is 369 cm³/mol. The number of methoxy groups -OCH3 is 2. The van der Waals surface area contributed by atoms with Gasteiger partial charge >= 0.3 is 11.9 Å². The summed E-state index contributed by atoms with van der Waals surface area (Å²) in [5, 5.41) is 26.1. The molecule has 0 saturated heterocycles. The van der Waals surface area contributed by atoms with Crippen molar-refractivity contribution >= 4 is 81.6 Å². The van der Waals surface area contributed by atoms with Gasteiger partial charge in [-0.25, -0.2) is 29.5 Å². The first-order valence-corrected chi connectivity index (χ1v) is 36.1. The molecule has 2 spiro atoms. The van der Waals surface area contributed by atoms with Crippen LogP contribution >= 0.6 is 46.7 Å². The number of aryl methyl sites for hydroxylation is 2. The predicted octanol–water partition coefficient (Wildman–Crippen LogP) is 14.2. The van der Waals surface area contributed by atoms with Gasteiger partial charge in [0.25, 0.3) is 0 Å². The molecular formula is C74H88Cl2N6O10S2. The molecule has 10 atom stereocenters. The normalized spacial score (nSPS) is 23.0. The van der Waals surface area contributed by atoms with Gasteiger partial charge < -0.3 is 39.0 Å². The molecule has 0 amide bonds. The Bertz CT molecular complexity index is 3380. The average Bonchev–Trinajstić information content (AvgIpc) is 1.47. The van der Waals surface area contributed by atoms with Gasteiger partial charge in [-0.15, -0.1) is 0 Å². The summed E-state index contributed by atoms with van der Waals surface area (Å²) in [5.74, 6) is 1.41. The van der Waals surface area contributed by atoms with E-state index in [1.165, 1.54) is 36.5 Å². The number of thioether (sulfide) groups is 2. The number of esters is 2. The van der Waals surface area contributed by atoms with E-state index in [0.29, 0.717) is 50.3 Å². The molecule has 12 rings (SSSR count). The Morgan fingerprint density at radius 1 is 0.596 bits per heavy atom. The number of halogens is 2. The maximum atomic E-state index is 13.1. The van der Waals surface area contributed by atoms with Gasteiger partial charge in [-0.1, -0.05) is 72.7 Å². The van der Waals surface area contributed by atoms with Crippen LogP contribution in [0.1, 0.15) is 160 Å². The summed E-state index contributed by atoms with van der Waals surface area (Å²) in [6.07, 6.45) is 19.9. The molecule has 500 valence electrons. The molecule has 2 aliphatic heterocycles. The number of carbonyl (C=O) groups is 4. The number of aliphatic hydroxyl groups excluding tert-OH is 2. The maximum Gasteiger partial charge on any atom is 0.337 e. The summed E-state index contributed by atoms with van der Waals surface area (Å²) in [7, 11) is 2.78. The summed E-state index contributed by atoms with van der Waals surface area (Å²) in [6.45, 7) is 8.13. The van der Waals surface area contributed by atoms with Gasteiger partial charge in [0.05, 0.1) is 62.1 Å². The van der Waals surface area contributed by atoms with Gasteiger partial charge in [0, 0.05) is 108 Å². The molecule has 0 unspecified atom stereocenters. The molecule has 2 fully saturated rings. The smallest absolute Gasteiger partial charge is 0.337 e. The van der Waals surface area contributed by atoms with Crippen LogP contribution in [0.15, 0.2) is 120 Å². The van der Waals surface area contributed by atoms with Crippen molar-refractivity contribution in [2.24, 2.45) is 23.7 Å². The fourth-order valence-corrected chi connectivity index (χ4v) is 17.5. The van der Waals surface area contributed by atoms with Gasteiger partial charge in [-0.2, -0.15) is 0 Å². The van der Waals surface area contributed by atoms with Crippen LogP contribution in [-0.4, -0.2) is 130 Å². The standard InChI is InChI=1S/2C37H44ClN3O5S/c2*1-3-29(47-36-39-16-5-17-40-36)11-10-28(42)20-33(43)30-12-7-26(30)21-41-22-37(15-4-6-24-18-27(38)9-13-31(24)37)23-46-34-14-8-25(19-32(34)41)35(44)45-2/h2*5,8-9,13-14,16-19,26,29-30,33,43H,3-4,6-7,10-12,15,20-23H2,1-2H3/t26-,29+,30+,33+,37-;26-,29+,30+,33-,37-/m00/s1. The highest BCUT2D eigenvalue weighted by molar-refractivity contribution is 8.00. The van der Waals surface area contributed by atoms with Crippen LogP contribution in [0.25, 0.3) is 0 Å². The van der Waals surface area contributed by atoms with E-state index in [1.807, 2.05) is 36.4 Å². The number of ketones is 2. The van der Waals surface area contributed by atoms with Gasteiger partial charge in [0.2, 0.25) is 0 Å². The van der Waals surface area contributed by atoms with Gasteiger partial charge in [0.15, 0.2) is 10.3 Å². The Morgan fingerprint density at radius 3 is 1.38 bits per heavy atom. The first-order chi connectivity index (χ1) is 45.6. The molecule has 2 saturated carbocycles. The highest BCUT2D eigenvalue weighted by Crippen LogP contribution is 2.50. The van der Waals surface area contributed by atoms with E-state index in [-0.39, 0.29) is 81.3 Å². The minimum atomic E-state index is -0.679. The van der Waals surface area contributed by atoms with Crippen LogP contribution in [0.3, 0.4) is 0 Å². The summed E-state index contributed by atoms with van der Waals surface area (Å²) >= 11 is 16.0. The molecule has 0 bridgehead atoms. The number of nitrogens with zero attached hydrogens (tertiary/aromatic N) is 6. The first-order valence-electron chi connectivity index (χ1n) is 33.6. The Morgan fingerprint density at radius 2 is 1.01 bits per heavy atom. The Kier molecular flexibility index (Phi) is 23.3. The largest absolute Gasteiger partial charge is 0.490 e. The minimum Gasteiger partial charge on any atom is -0.490 e. The van der Waals surface area contributed by atoms with Crippen LogP contribution in [0.4, 0.5) is 11.4 Å². The number of anilines is 2. The second-order valence-electron chi connectivity index (χ2n) is 26.6. The second kappa shape index (κ2) is 31.7. The zero-order chi connectivity index (χ0) is 65.9. The molecule has 0 radical (unpaired) electrons.